The quantitative estimate of drug-likeness (QED) is 0.768. The smallest absolute Gasteiger partial charge is 0.242 e. The molecule has 0 bridgehead atoms. The maximum Gasteiger partial charge on any atom is 0.242 e. The summed E-state index contributed by atoms with van der Waals surface area (Å²) in [7, 11) is -3.58. The van der Waals surface area contributed by atoms with Crippen LogP contribution in [-0.4, -0.2) is 39.0 Å². The van der Waals surface area contributed by atoms with Gasteiger partial charge in [-0.05, 0) is 44.0 Å². The number of carbonyl (C=O) groups excluding carboxylic acids is 1. The van der Waals surface area contributed by atoms with Crippen molar-refractivity contribution >= 4 is 33.2 Å². The number of ether oxygens (including phenoxy) is 1. The van der Waals surface area contributed by atoms with Crippen LogP contribution < -0.4 is 10.0 Å². The summed E-state index contributed by atoms with van der Waals surface area (Å²) in [6, 6.07) is 5.92. The van der Waals surface area contributed by atoms with Gasteiger partial charge < -0.3 is 10.1 Å². The number of carbonyl (C=O) groups is 1. The number of nitrogens with one attached hydrogen (secondary N) is 2. The highest BCUT2D eigenvalue weighted by Crippen LogP contribution is 2.16. The van der Waals surface area contributed by atoms with E-state index in [0.717, 1.165) is 12.8 Å². The molecule has 1 fully saturated rings. The molecule has 2 N–H and O–H groups in total. The van der Waals surface area contributed by atoms with E-state index < -0.39 is 15.4 Å². The maximum absolute atomic E-state index is 12.2. The summed E-state index contributed by atoms with van der Waals surface area (Å²) in [6.45, 7) is 2.51. The van der Waals surface area contributed by atoms with Crippen LogP contribution in [0.5, 0.6) is 0 Å². The van der Waals surface area contributed by atoms with E-state index in [2.05, 4.69) is 10.0 Å². The highest BCUT2D eigenvalue weighted by atomic mass is 35.5. The van der Waals surface area contributed by atoms with Crippen molar-refractivity contribution in [1.82, 2.24) is 4.72 Å². The fourth-order valence-electron chi connectivity index (χ4n) is 2.05. The lowest BCUT2D eigenvalue weighted by molar-refractivity contribution is -0.115. The summed E-state index contributed by atoms with van der Waals surface area (Å²) < 4.78 is 32.2. The summed E-state index contributed by atoms with van der Waals surface area (Å²) >= 11 is 5.66. The van der Waals surface area contributed by atoms with Crippen LogP contribution in [0.4, 0.5) is 5.69 Å². The molecule has 122 valence electrons. The average Bonchev–Trinajstić information content (AvgIpc) is 2.99. The lowest BCUT2D eigenvalue weighted by Gasteiger charge is -2.12. The van der Waals surface area contributed by atoms with E-state index in [9.17, 15) is 13.2 Å². The van der Waals surface area contributed by atoms with Crippen LogP contribution in [0.15, 0.2) is 29.2 Å². The molecular formula is C14H19ClN2O4S. The SMILES string of the molecule is CC(Cl)C(=O)Nc1ccc(S(=O)(=O)NCC2CCCO2)cc1. The van der Waals surface area contributed by atoms with Crippen molar-refractivity contribution in [3.8, 4) is 0 Å². The van der Waals surface area contributed by atoms with Gasteiger partial charge in [-0.1, -0.05) is 0 Å². The minimum absolute atomic E-state index is 0.0569. The van der Waals surface area contributed by atoms with Crippen molar-refractivity contribution < 1.29 is 17.9 Å². The van der Waals surface area contributed by atoms with E-state index in [1.807, 2.05) is 0 Å². The van der Waals surface area contributed by atoms with E-state index in [1.54, 1.807) is 6.92 Å². The number of sulfonamides is 1. The monoisotopic (exact) mass is 346 g/mol. The predicted octanol–water partition coefficient (Wildman–Crippen LogP) is 1.71. The molecule has 6 nitrogen and oxygen atoms in total. The van der Waals surface area contributed by atoms with Crippen LogP contribution in [0.3, 0.4) is 0 Å². The van der Waals surface area contributed by atoms with Crippen LogP contribution in [0.2, 0.25) is 0 Å². The number of amides is 1. The van der Waals surface area contributed by atoms with Gasteiger partial charge in [0.15, 0.2) is 0 Å². The molecular weight excluding hydrogens is 328 g/mol. The molecule has 1 aromatic carbocycles. The molecule has 0 radical (unpaired) electrons. The lowest BCUT2D eigenvalue weighted by atomic mass is 10.2. The fourth-order valence-corrected chi connectivity index (χ4v) is 3.17. The molecule has 0 spiro atoms. The minimum atomic E-state index is -3.58. The molecule has 1 saturated heterocycles. The Hall–Kier alpha value is -1.15. The van der Waals surface area contributed by atoms with Crippen LogP contribution in [0, 0.1) is 0 Å². The molecule has 1 aliphatic rings. The number of hydrogen-bond donors (Lipinski definition) is 2. The van der Waals surface area contributed by atoms with E-state index in [0.29, 0.717) is 12.3 Å². The van der Waals surface area contributed by atoms with Crippen molar-refractivity contribution in [3.63, 3.8) is 0 Å². The Balaban J connectivity index is 1.97. The summed E-state index contributed by atoms with van der Waals surface area (Å²) in [5.74, 6) is -0.339. The Morgan fingerprint density at radius 2 is 2.09 bits per heavy atom. The second-order valence-corrected chi connectivity index (χ2v) is 7.54. The molecule has 1 aliphatic heterocycles. The Kier molecular flexibility index (Phi) is 5.80. The van der Waals surface area contributed by atoms with E-state index in [-0.39, 0.29) is 23.5 Å². The molecule has 0 aliphatic carbocycles. The third-order valence-corrected chi connectivity index (χ3v) is 4.96. The van der Waals surface area contributed by atoms with Gasteiger partial charge in [0.25, 0.3) is 0 Å². The van der Waals surface area contributed by atoms with Gasteiger partial charge in [0.2, 0.25) is 15.9 Å². The van der Waals surface area contributed by atoms with Gasteiger partial charge in [0, 0.05) is 18.8 Å². The zero-order valence-corrected chi connectivity index (χ0v) is 13.8. The first-order valence-corrected chi connectivity index (χ1v) is 8.97. The van der Waals surface area contributed by atoms with Crippen molar-refractivity contribution in [2.24, 2.45) is 0 Å². The van der Waals surface area contributed by atoms with Gasteiger partial charge >= 0.3 is 0 Å². The Bertz CT molecular complexity index is 610. The van der Waals surface area contributed by atoms with Crippen LogP contribution in [-0.2, 0) is 19.6 Å². The molecule has 1 heterocycles. The number of alkyl halides is 1. The molecule has 2 rings (SSSR count). The largest absolute Gasteiger partial charge is 0.377 e. The second-order valence-electron chi connectivity index (χ2n) is 5.12. The molecule has 2 unspecified atom stereocenters. The summed E-state index contributed by atoms with van der Waals surface area (Å²) in [4.78, 5) is 11.6. The average molecular weight is 347 g/mol. The predicted molar refractivity (Wildman–Crippen MR) is 84.5 cm³/mol. The number of halogens is 1. The first kappa shape index (κ1) is 17.2. The Morgan fingerprint density at radius 1 is 1.41 bits per heavy atom. The van der Waals surface area contributed by atoms with Crippen molar-refractivity contribution in [3.05, 3.63) is 24.3 Å². The highest BCUT2D eigenvalue weighted by molar-refractivity contribution is 7.89. The molecule has 1 amide bonds. The van der Waals surface area contributed by atoms with E-state index in [1.165, 1.54) is 24.3 Å². The Morgan fingerprint density at radius 3 is 2.64 bits per heavy atom. The van der Waals surface area contributed by atoms with Crippen molar-refractivity contribution in [1.29, 1.82) is 0 Å². The number of benzene rings is 1. The number of anilines is 1. The van der Waals surface area contributed by atoms with E-state index in [4.69, 9.17) is 16.3 Å². The van der Waals surface area contributed by atoms with Gasteiger partial charge in [-0.3, -0.25) is 4.79 Å². The molecule has 1 aromatic rings. The first-order chi connectivity index (χ1) is 10.4. The first-order valence-electron chi connectivity index (χ1n) is 7.05. The summed E-state index contributed by atoms with van der Waals surface area (Å²) in [5.41, 5.74) is 0.496. The standard InChI is InChI=1S/C14H19ClN2O4S/c1-10(15)14(18)17-11-4-6-13(7-5-11)22(19,20)16-9-12-3-2-8-21-12/h4-7,10,12,16H,2-3,8-9H2,1H3,(H,17,18). The van der Waals surface area contributed by atoms with Crippen molar-refractivity contribution in [2.75, 3.05) is 18.5 Å². The van der Waals surface area contributed by atoms with Gasteiger partial charge in [0.05, 0.1) is 11.0 Å². The molecule has 0 aromatic heterocycles. The van der Waals surface area contributed by atoms with Gasteiger partial charge in [0.1, 0.15) is 5.38 Å². The van der Waals surface area contributed by atoms with Gasteiger partial charge in [-0.25, -0.2) is 13.1 Å². The lowest BCUT2D eigenvalue weighted by Crippen LogP contribution is -2.31. The minimum Gasteiger partial charge on any atom is -0.377 e. The molecule has 22 heavy (non-hydrogen) atoms. The molecule has 8 heteroatoms. The van der Waals surface area contributed by atoms with Gasteiger partial charge in [-0.2, -0.15) is 0 Å². The molecule has 2 atom stereocenters. The summed E-state index contributed by atoms with van der Waals surface area (Å²) in [6.07, 6.45) is 1.77. The third kappa shape index (κ3) is 4.67. The number of hydrogen-bond acceptors (Lipinski definition) is 4. The number of rotatable bonds is 6. The molecule has 0 saturated carbocycles. The topological polar surface area (TPSA) is 84.5 Å². The van der Waals surface area contributed by atoms with Crippen molar-refractivity contribution in [2.45, 2.75) is 36.1 Å². The van der Waals surface area contributed by atoms with Crippen LogP contribution >= 0.6 is 11.6 Å². The normalized spacial score (nSPS) is 19.8. The van der Waals surface area contributed by atoms with E-state index >= 15 is 0 Å². The van der Waals surface area contributed by atoms with Crippen LogP contribution in [0.25, 0.3) is 0 Å². The zero-order chi connectivity index (χ0) is 16.2. The summed E-state index contributed by atoms with van der Waals surface area (Å²) in [5, 5.41) is 1.93. The zero-order valence-electron chi connectivity index (χ0n) is 12.2. The fraction of sp³-hybridized carbons (Fsp3) is 0.500. The van der Waals surface area contributed by atoms with Crippen LogP contribution in [0.1, 0.15) is 19.8 Å². The third-order valence-electron chi connectivity index (χ3n) is 3.32. The highest BCUT2D eigenvalue weighted by Gasteiger charge is 2.20. The van der Waals surface area contributed by atoms with Gasteiger partial charge in [-0.15, -0.1) is 11.6 Å². The Labute approximate surface area is 135 Å². The maximum atomic E-state index is 12.2. The second kappa shape index (κ2) is 7.41.